The zero-order valence-electron chi connectivity index (χ0n) is 70.0. The topological polar surface area (TPSA) is 220 Å². The Hall–Kier alpha value is -7.11. The lowest BCUT2D eigenvalue weighted by Crippen LogP contribution is -2.74. The molecule has 19 nitrogen and oxygen atoms in total. The molecular formula is C97H134NO18P. The highest BCUT2D eigenvalue weighted by Crippen LogP contribution is 2.47. The van der Waals surface area contributed by atoms with Gasteiger partial charge in [0.1, 0.15) is 67.6 Å². The second-order valence-corrected chi connectivity index (χ2v) is 31.9. The third-order valence-electron chi connectivity index (χ3n) is 20.7. The molecule has 7 aromatic rings. The highest BCUT2D eigenvalue weighted by atomic mass is 31.2. The number of nitrogens with two attached hydrogens (primary N) is 1. The number of esters is 2. The van der Waals surface area contributed by atoms with Crippen molar-refractivity contribution in [2.45, 2.75) is 288 Å². The molecule has 0 bridgehead atoms. The fourth-order valence-electron chi connectivity index (χ4n) is 14.5. The van der Waals surface area contributed by atoms with Crippen LogP contribution in [0.2, 0.25) is 0 Å². The summed E-state index contributed by atoms with van der Waals surface area (Å²) in [5.41, 5.74) is 5.88. The number of phosphoric acid groups is 1. The summed E-state index contributed by atoms with van der Waals surface area (Å²) in [7, 11) is -1.73. The van der Waals surface area contributed by atoms with Gasteiger partial charge in [-0.15, -0.1) is 6.58 Å². The van der Waals surface area contributed by atoms with Crippen LogP contribution in [0.15, 0.2) is 225 Å². The molecule has 7 aromatic carbocycles. The van der Waals surface area contributed by atoms with Crippen LogP contribution in [-0.2, 0) is 126 Å². The van der Waals surface area contributed by atoms with E-state index in [0.717, 1.165) is 90.3 Å². The SMILES string of the molecule is C=CCO[C@@H]1[C@@H](OCc2ccccc2)[C@H](OCc2ccccc2)[C@@H](OCc2ccccc2)[C@@H](O[C@H]2O[C@H](COCc3ccccc3)[C@@H](OCc3ccccc3)[C@H](OCc3ccccc3)[C@@H]2OCc2ccccc2)[C@H]1OP(=O)([O-])OC[C@@H](COC(=O)CCCCCCCCCCCCC)OC(=O)CCCCCCCCCCCCC.C[NH2+]C. The number of benzene rings is 7. The molecule has 640 valence electrons. The third-order valence-corrected chi connectivity index (χ3v) is 21.7. The summed E-state index contributed by atoms with van der Waals surface area (Å²) in [4.78, 5) is 43.2. The minimum absolute atomic E-state index is 0.000649. The molecule has 1 aliphatic heterocycles. The summed E-state index contributed by atoms with van der Waals surface area (Å²) >= 11 is 0. The van der Waals surface area contributed by atoms with Crippen molar-refractivity contribution in [2.24, 2.45) is 0 Å². The van der Waals surface area contributed by atoms with Crippen LogP contribution in [0.1, 0.15) is 207 Å². The van der Waals surface area contributed by atoms with Gasteiger partial charge in [-0.1, -0.05) is 361 Å². The molecule has 1 heterocycles. The summed E-state index contributed by atoms with van der Waals surface area (Å²) in [6, 6.07) is 67.8. The minimum atomic E-state index is -5.73. The van der Waals surface area contributed by atoms with Crippen molar-refractivity contribution < 1.29 is 90.3 Å². The molecule has 0 radical (unpaired) electrons. The van der Waals surface area contributed by atoms with E-state index in [9.17, 15) is 9.59 Å². The Kier molecular flexibility index (Phi) is 47.2. The van der Waals surface area contributed by atoms with Crippen LogP contribution in [0.3, 0.4) is 0 Å². The smallest absolute Gasteiger partial charge is 0.306 e. The number of unbranched alkanes of at least 4 members (excludes halogenated alkanes) is 20. The van der Waals surface area contributed by atoms with Crippen LogP contribution in [0.25, 0.3) is 0 Å². The summed E-state index contributed by atoms with van der Waals surface area (Å²) < 4.78 is 112. The molecular weight excluding hydrogens is 1500 g/mol. The summed E-state index contributed by atoms with van der Waals surface area (Å²) in [6.07, 6.45) is 10.5. The van der Waals surface area contributed by atoms with E-state index in [0.29, 0.717) is 12.8 Å². The van der Waals surface area contributed by atoms with Crippen molar-refractivity contribution in [3.63, 3.8) is 0 Å². The third kappa shape index (κ3) is 37.2. The van der Waals surface area contributed by atoms with Gasteiger partial charge < -0.3 is 76.1 Å². The predicted octanol–water partition coefficient (Wildman–Crippen LogP) is 18.9. The van der Waals surface area contributed by atoms with Crippen LogP contribution in [0.4, 0.5) is 0 Å². The van der Waals surface area contributed by atoms with E-state index in [-0.39, 0.29) is 72.3 Å². The first-order valence-corrected chi connectivity index (χ1v) is 44.7. The summed E-state index contributed by atoms with van der Waals surface area (Å²) in [5.74, 6) is -1.09. The first kappa shape index (κ1) is 95.4. The lowest BCUT2D eigenvalue weighted by molar-refractivity contribution is -0.597. The van der Waals surface area contributed by atoms with Gasteiger partial charge in [0.05, 0.1) is 80.2 Å². The normalized spacial score (nSPS) is 20.6. The Morgan fingerprint density at radius 3 is 1.08 bits per heavy atom. The summed E-state index contributed by atoms with van der Waals surface area (Å²) in [5, 5.41) is 2.00. The van der Waals surface area contributed by atoms with Crippen LogP contribution in [-0.4, -0.2) is 126 Å². The maximum atomic E-state index is 15.7. The van der Waals surface area contributed by atoms with Crippen LogP contribution in [0.5, 0.6) is 0 Å². The largest absolute Gasteiger partial charge is 0.756 e. The Morgan fingerprint density at radius 1 is 0.402 bits per heavy atom. The molecule has 2 N–H and O–H groups in total. The number of hydrogen-bond acceptors (Lipinski definition) is 18. The second kappa shape index (κ2) is 58.0. The Morgan fingerprint density at radius 2 is 0.709 bits per heavy atom. The monoisotopic (exact) mass is 1630 g/mol. The lowest BCUT2D eigenvalue weighted by atomic mass is 9.83. The van der Waals surface area contributed by atoms with E-state index < -0.39 is 106 Å². The van der Waals surface area contributed by atoms with E-state index >= 15 is 9.46 Å². The van der Waals surface area contributed by atoms with Gasteiger partial charge in [0, 0.05) is 12.8 Å². The first-order valence-electron chi connectivity index (χ1n) is 43.3. The number of carbonyl (C=O) groups is 2. The molecule has 13 atom stereocenters. The highest BCUT2D eigenvalue weighted by Gasteiger charge is 2.59. The van der Waals surface area contributed by atoms with Crippen molar-refractivity contribution in [3.05, 3.63) is 264 Å². The van der Waals surface area contributed by atoms with Gasteiger partial charge in [0.2, 0.25) is 0 Å². The number of carbonyl (C=O) groups excluding carboxylic acids is 2. The van der Waals surface area contributed by atoms with Crippen molar-refractivity contribution in [2.75, 3.05) is 40.5 Å². The van der Waals surface area contributed by atoms with E-state index in [1.165, 1.54) is 77.0 Å². The molecule has 1 aliphatic carbocycles. The number of quaternary nitrogens is 1. The molecule has 1 unspecified atom stereocenters. The van der Waals surface area contributed by atoms with Gasteiger partial charge in [0.25, 0.3) is 7.82 Å². The van der Waals surface area contributed by atoms with Gasteiger partial charge >= 0.3 is 11.9 Å². The average Bonchev–Trinajstić information content (AvgIpc) is 0.750. The average molecular weight is 1630 g/mol. The Bertz CT molecular complexity index is 3710. The Labute approximate surface area is 698 Å². The molecule has 0 spiro atoms. The molecule has 1 saturated carbocycles. The zero-order chi connectivity index (χ0) is 82.4. The molecule has 0 aromatic heterocycles. The van der Waals surface area contributed by atoms with Crippen molar-refractivity contribution in [1.82, 2.24) is 0 Å². The number of phosphoric ester groups is 1. The Balaban J connectivity index is 0.00000561. The minimum Gasteiger partial charge on any atom is -0.756 e. The number of hydrogen-bond donors (Lipinski definition) is 1. The highest BCUT2D eigenvalue weighted by molar-refractivity contribution is 7.45. The van der Waals surface area contributed by atoms with E-state index in [2.05, 4.69) is 20.4 Å². The van der Waals surface area contributed by atoms with Gasteiger partial charge in [-0.3, -0.25) is 14.2 Å². The molecule has 0 amide bonds. The van der Waals surface area contributed by atoms with Gasteiger partial charge in [-0.25, -0.2) is 0 Å². The maximum absolute atomic E-state index is 15.7. The van der Waals surface area contributed by atoms with E-state index in [1.54, 1.807) is 6.08 Å². The van der Waals surface area contributed by atoms with Crippen molar-refractivity contribution in [1.29, 1.82) is 0 Å². The second-order valence-electron chi connectivity index (χ2n) is 30.6. The quantitative estimate of drug-likeness (QED) is 0.0162. The van der Waals surface area contributed by atoms with Crippen LogP contribution in [0, 0.1) is 0 Å². The van der Waals surface area contributed by atoms with E-state index in [4.69, 9.17) is 65.9 Å². The molecule has 1 saturated heterocycles. The molecule has 117 heavy (non-hydrogen) atoms. The van der Waals surface area contributed by atoms with Crippen molar-refractivity contribution in [3.8, 4) is 0 Å². The summed E-state index contributed by atoms with van der Waals surface area (Å²) in [6.45, 7) is 7.53. The first-order chi connectivity index (χ1) is 57.5. The fourth-order valence-corrected chi connectivity index (χ4v) is 15.4. The predicted molar refractivity (Wildman–Crippen MR) is 455 cm³/mol. The number of rotatable bonds is 59. The van der Waals surface area contributed by atoms with Crippen molar-refractivity contribution >= 4 is 19.8 Å². The van der Waals surface area contributed by atoms with Crippen LogP contribution >= 0.6 is 7.82 Å². The molecule has 20 heteroatoms. The standard InChI is InChI=1S/C95H127O18P.C2H7N/c1-4-7-9-11-13-15-17-19-21-23-46-62-84(96)102-72-82(110-85(97)63-47-24-22-20-18-16-14-12-10-8-5-2)73-109-114(98,99)113-93-91(101-64-6-3)89(106-69-79-56-40-29-41-57-79)88(105-68-78-54-38-28-39-55-78)90(107-70-80-58-42-30-43-59-80)92(93)112-95-94(108-71-81-60-44-31-45-61-81)87(104-67-77-52-36-27-37-53-77)86(103-66-76-50-34-26-35-51-76)83(111-95)74-100-65-75-48-32-25-33-49-75;1-3-2/h6,25-45,48-61,82-83,86-95H,3-5,7-24,46-47,62-74H2,1-2H3,(H,98,99);3H,1-2H3/t82-,83-,86-,87+,88+,89+,90-,91-,92-,93+,94+,95-;/m1./s1. The molecule has 9 rings (SSSR count). The van der Waals surface area contributed by atoms with Gasteiger partial charge in [-0.2, -0.15) is 0 Å². The molecule has 2 aliphatic rings. The fraction of sp³-hybridized carbons (Fsp3) is 0.526. The van der Waals surface area contributed by atoms with E-state index in [1.807, 2.05) is 232 Å². The van der Waals surface area contributed by atoms with Gasteiger partial charge in [0.15, 0.2) is 12.4 Å². The molecule has 2 fully saturated rings. The van der Waals surface area contributed by atoms with Crippen LogP contribution < -0.4 is 10.2 Å². The lowest BCUT2D eigenvalue weighted by Gasteiger charge is -2.52. The maximum Gasteiger partial charge on any atom is 0.306 e. The zero-order valence-corrected chi connectivity index (χ0v) is 70.9. The van der Waals surface area contributed by atoms with Gasteiger partial charge in [-0.05, 0) is 51.8 Å². The number of ether oxygens (including phenoxy) is 12.